The molecule has 1 aromatic rings. The number of carboxylic acids is 1. The summed E-state index contributed by atoms with van der Waals surface area (Å²) in [5.74, 6) is -0.593. The van der Waals surface area contributed by atoms with Gasteiger partial charge in [-0.25, -0.2) is 4.79 Å². The Balaban J connectivity index is 2.11. The van der Waals surface area contributed by atoms with Gasteiger partial charge in [0.25, 0.3) is 0 Å². The van der Waals surface area contributed by atoms with E-state index in [0.717, 1.165) is 30.5 Å². The number of aliphatic carboxylic acids is 1. The van der Waals surface area contributed by atoms with Crippen molar-refractivity contribution in [3.05, 3.63) is 42.0 Å². The summed E-state index contributed by atoms with van der Waals surface area (Å²) in [5, 5.41) is 12.5. The molecule has 3 nitrogen and oxygen atoms in total. The lowest BCUT2D eigenvalue weighted by Crippen LogP contribution is -2.37. The molecule has 2 N–H and O–H groups in total. The monoisotopic (exact) mass is 245 g/mol. The van der Waals surface area contributed by atoms with E-state index in [0.29, 0.717) is 0 Å². The number of allylic oxidation sites excluding steroid dienone is 2. The fourth-order valence-electron chi connectivity index (χ4n) is 2.42. The highest BCUT2D eigenvalue weighted by atomic mass is 16.4. The number of aryl methyl sites for hydroxylation is 1. The van der Waals surface area contributed by atoms with Crippen molar-refractivity contribution in [3.8, 4) is 0 Å². The van der Waals surface area contributed by atoms with E-state index in [2.05, 4.69) is 17.5 Å². The van der Waals surface area contributed by atoms with Gasteiger partial charge < -0.3 is 10.4 Å². The average Bonchev–Trinajstić information content (AvgIpc) is 2.37. The van der Waals surface area contributed by atoms with Crippen molar-refractivity contribution in [2.75, 3.05) is 5.32 Å². The maximum Gasteiger partial charge on any atom is 0.326 e. The van der Waals surface area contributed by atoms with Gasteiger partial charge in [0, 0.05) is 5.69 Å². The molecule has 0 aliphatic heterocycles. The highest BCUT2D eigenvalue weighted by molar-refractivity contribution is 5.77. The van der Waals surface area contributed by atoms with Crippen molar-refractivity contribution in [1.29, 1.82) is 0 Å². The topological polar surface area (TPSA) is 49.3 Å². The molecule has 18 heavy (non-hydrogen) atoms. The molecule has 1 aromatic carbocycles. The molecule has 0 heterocycles. The summed E-state index contributed by atoms with van der Waals surface area (Å²) in [6.07, 6.45) is 6.97. The molecule has 0 amide bonds. The van der Waals surface area contributed by atoms with Gasteiger partial charge in [0.05, 0.1) is 0 Å². The third kappa shape index (κ3) is 3.13. The first-order valence-electron chi connectivity index (χ1n) is 6.38. The Morgan fingerprint density at radius 1 is 1.44 bits per heavy atom. The van der Waals surface area contributed by atoms with Crippen molar-refractivity contribution in [3.63, 3.8) is 0 Å². The van der Waals surface area contributed by atoms with E-state index in [1.54, 1.807) is 0 Å². The third-order valence-electron chi connectivity index (χ3n) is 3.39. The smallest absolute Gasteiger partial charge is 0.326 e. The zero-order valence-corrected chi connectivity index (χ0v) is 10.6. The van der Waals surface area contributed by atoms with E-state index in [-0.39, 0.29) is 5.92 Å². The Bertz CT molecular complexity index is 454. The number of benzene rings is 1. The van der Waals surface area contributed by atoms with Gasteiger partial charge in [0.2, 0.25) is 0 Å². The standard InChI is InChI=1S/C15H19NO2/c1-11-6-5-9-13(10-11)16-14(15(17)18)12-7-3-2-4-8-12/h2-3,5-6,9-10,12,14,16H,4,7-8H2,1H3,(H,17,18). The van der Waals surface area contributed by atoms with E-state index in [1.807, 2.05) is 31.2 Å². The Labute approximate surface area is 108 Å². The second kappa shape index (κ2) is 5.71. The largest absolute Gasteiger partial charge is 0.480 e. The van der Waals surface area contributed by atoms with E-state index in [4.69, 9.17) is 0 Å². The second-order valence-corrected chi connectivity index (χ2v) is 4.87. The van der Waals surface area contributed by atoms with Crippen LogP contribution in [0.1, 0.15) is 24.8 Å². The number of carbonyl (C=O) groups is 1. The molecular formula is C15H19NO2. The van der Waals surface area contributed by atoms with Crippen LogP contribution < -0.4 is 5.32 Å². The van der Waals surface area contributed by atoms with Gasteiger partial charge in [-0.3, -0.25) is 0 Å². The molecule has 0 bridgehead atoms. The van der Waals surface area contributed by atoms with Gasteiger partial charge in [-0.05, 0) is 49.8 Å². The number of hydrogen-bond acceptors (Lipinski definition) is 2. The minimum Gasteiger partial charge on any atom is -0.480 e. The van der Waals surface area contributed by atoms with Crippen LogP contribution in [0.4, 0.5) is 5.69 Å². The molecule has 0 radical (unpaired) electrons. The second-order valence-electron chi connectivity index (χ2n) is 4.87. The Morgan fingerprint density at radius 2 is 2.28 bits per heavy atom. The van der Waals surface area contributed by atoms with Crippen LogP contribution in [0.5, 0.6) is 0 Å². The summed E-state index contributed by atoms with van der Waals surface area (Å²) in [7, 11) is 0. The number of hydrogen-bond donors (Lipinski definition) is 2. The van der Waals surface area contributed by atoms with Crippen LogP contribution in [0.15, 0.2) is 36.4 Å². The highest BCUT2D eigenvalue weighted by Gasteiger charge is 2.27. The molecule has 2 rings (SSSR count). The molecule has 2 atom stereocenters. The van der Waals surface area contributed by atoms with Crippen LogP contribution in [0.2, 0.25) is 0 Å². The van der Waals surface area contributed by atoms with Crippen molar-refractivity contribution in [2.24, 2.45) is 5.92 Å². The lowest BCUT2D eigenvalue weighted by Gasteiger charge is -2.26. The lowest BCUT2D eigenvalue weighted by atomic mass is 9.87. The summed E-state index contributed by atoms with van der Waals surface area (Å²) < 4.78 is 0. The van der Waals surface area contributed by atoms with Gasteiger partial charge >= 0.3 is 5.97 Å². The summed E-state index contributed by atoms with van der Waals surface area (Å²) in [6, 6.07) is 7.34. The summed E-state index contributed by atoms with van der Waals surface area (Å²) >= 11 is 0. The molecule has 96 valence electrons. The minimum atomic E-state index is -0.767. The number of anilines is 1. The molecule has 1 aliphatic carbocycles. The first-order chi connectivity index (χ1) is 8.66. The predicted octanol–water partition coefficient (Wildman–Crippen LogP) is 3.22. The molecule has 1 aliphatic rings. The molecule has 0 fully saturated rings. The molecule has 0 aromatic heterocycles. The van der Waals surface area contributed by atoms with Gasteiger partial charge in [-0.2, -0.15) is 0 Å². The maximum absolute atomic E-state index is 11.4. The number of nitrogens with one attached hydrogen (secondary N) is 1. The van der Waals surface area contributed by atoms with E-state index >= 15 is 0 Å². The van der Waals surface area contributed by atoms with E-state index < -0.39 is 12.0 Å². The molecular weight excluding hydrogens is 226 g/mol. The van der Waals surface area contributed by atoms with Crippen molar-refractivity contribution < 1.29 is 9.90 Å². The maximum atomic E-state index is 11.4. The summed E-state index contributed by atoms with van der Waals surface area (Å²) in [6.45, 7) is 2.00. The minimum absolute atomic E-state index is 0.174. The van der Waals surface area contributed by atoms with Crippen molar-refractivity contribution >= 4 is 11.7 Å². The Morgan fingerprint density at radius 3 is 2.89 bits per heavy atom. The normalized spacial score (nSPS) is 20.4. The number of rotatable bonds is 4. The molecule has 0 saturated heterocycles. The van der Waals surface area contributed by atoms with E-state index in [9.17, 15) is 9.90 Å². The average molecular weight is 245 g/mol. The molecule has 2 unspecified atom stereocenters. The van der Waals surface area contributed by atoms with Gasteiger partial charge in [0.15, 0.2) is 0 Å². The molecule has 0 saturated carbocycles. The van der Waals surface area contributed by atoms with Crippen LogP contribution in [0.25, 0.3) is 0 Å². The highest BCUT2D eigenvalue weighted by Crippen LogP contribution is 2.24. The van der Waals surface area contributed by atoms with Gasteiger partial charge in [0.1, 0.15) is 6.04 Å². The Kier molecular flexibility index (Phi) is 4.03. The third-order valence-corrected chi connectivity index (χ3v) is 3.39. The summed E-state index contributed by atoms with van der Waals surface area (Å²) in [5.41, 5.74) is 2.02. The van der Waals surface area contributed by atoms with Crippen molar-refractivity contribution in [2.45, 2.75) is 32.2 Å². The van der Waals surface area contributed by atoms with Crippen LogP contribution in [-0.2, 0) is 4.79 Å². The Hall–Kier alpha value is -1.77. The lowest BCUT2D eigenvalue weighted by molar-refractivity contribution is -0.139. The van der Waals surface area contributed by atoms with Crippen LogP contribution >= 0.6 is 0 Å². The van der Waals surface area contributed by atoms with Crippen LogP contribution in [0.3, 0.4) is 0 Å². The van der Waals surface area contributed by atoms with Gasteiger partial charge in [-0.1, -0.05) is 24.3 Å². The first kappa shape index (κ1) is 12.7. The predicted molar refractivity (Wildman–Crippen MR) is 72.7 cm³/mol. The zero-order chi connectivity index (χ0) is 13.0. The molecule has 0 spiro atoms. The summed E-state index contributed by atoms with van der Waals surface area (Å²) in [4.78, 5) is 11.4. The van der Waals surface area contributed by atoms with Crippen molar-refractivity contribution in [1.82, 2.24) is 0 Å². The molecule has 3 heteroatoms. The zero-order valence-electron chi connectivity index (χ0n) is 10.6. The SMILES string of the molecule is Cc1cccc(NC(C(=O)O)C2CC=CCC2)c1. The number of carboxylic acid groups (broad SMARTS) is 1. The van der Waals surface area contributed by atoms with Crippen LogP contribution in [-0.4, -0.2) is 17.1 Å². The fourth-order valence-corrected chi connectivity index (χ4v) is 2.42. The quantitative estimate of drug-likeness (QED) is 0.801. The first-order valence-corrected chi connectivity index (χ1v) is 6.38. The van der Waals surface area contributed by atoms with Crippen LogP contribution in [0, 0.1) is 12.8 Å². The fraction of sp³-hybridized carbons (Fsp3) is 0.400. The van der Waals surface area contributed by atoms with Gasteiger partial charge in [-0.15, -0.1) is 0 Å². The van der Waals surface area contributed by atoms with E-state index in [1.165, 1.54) is 0 Å².